The van der Waals surface area contributed by atoms with Crippen molar-refractivity contribution in [2.75, 3.05) is 25.1 Å². The Morgan fingerprint density at radius 2 is 1.76 bits per heavy atom. The number of nitrogens with zero attached hydrogens (tertiary/aromatic N) is 2. The number of imidazole rings is 1. The maximum atomic E-state index is 13.1. The van der Waals surface area contributed by atoms with E-state index in [2.05, 4.69) is 10.3 Å². The van der Waals surface area contributed by atoms with Crippen LogP contribution in [0.25, 0.3) is 17.2 Å². The summed E-state index contributed by atoms with van der Waals surface area (Å²) in [6, 6.07) is 18.9. The van der Waals surface area contributed by atoms with Crippen LogP contribution in [0.3, 0.4) is 0 Å². The van der Waals surface area contributed by atoms with Crippen molar-refractivity contribution in [3.8, 4) is 22.6 Å². The lowest BCUT2D eigenvalue weighted by Gasteiger charge is -2.13. The van der Waals surface area contributed by atoms with Gasteiger partial charge in [-0.25, -0.2) is 4.98 Å². The Balaban J connectivity index is 1.40. The van der Waals surface area contributed by atoms with Crippen LogP contribution in [0.2, 0.25) is 0 Å². The molecule has 0 saturated carbocycles. The zero-order chi connectivity index (χ0) is 32.2. The number of hydrogen-bond donors (Lipinski definition) is 1. The smallest absolute Gasteiger partial charge is 0.387 e. The monoisotopic (exact) mass is 637 g/mol. The summed E-state index contributed by atoms with van der Waals surface area (Å²) < 4.78 is 56.9. The average Bonchev–Trinajstić information content (AvgIpc) is 3.39. The Morgan fingerprint density at radius 1 is 1.02 bits per heavy atom. The molecule has 4 rings (SSSR count). The Kier molecular flexibility index (Phi) is 12.6. The Hall–Kier alpha value is -4.19. The number of nitrogens with one attached hydrogen (secondary N) is 1. The minimum atomic E-state index is -3.02. The van der Waals surface area contributed by atoms with Gasteiger partial charge in [0.25, 0.3) is 0 Å². The third-order valence-electron chi connectivity index (χ3n) is 6.82. The van der Waals surface area contributed by atoms with Gasteiger partial charge in [-0.1, -0.05) is 25.1 Å². The van der Waals surface area contributed by atoms with E-state index in [1.807, 2.05) is 49.6 Å². The number of alkyl halides is 2. The summed E-state index contributed by atoms with van der Waals surface area (Å²) in [5.74, 6) is 0.495. The summed E-state index contributed by atoms with van der Waals surface area (Å²) >= 11 is -1.29. The average molecular weight is 638 g/mol. The maximum absolute atomic E-state index is 13.1. The minimum Gasteiger partial charge on any atom is -0.611 e. The number of anilines is 1. The highest BCUT2D eigenvalue weighted by Crippen LogP contribution is 2.30. The molecule has 1 amide bonds. The molecule has 3 aromatic carbocycles. The summed E-state index contributed by atoms with van der Waals surface area (Å²) in [6.45, 7) is 5.29. The number of ether oxygens (including phenoxy) is 3. The first kappa shape index (κ1) is 33.7. The number of benzene rings is 3. The van der Waals surface area contributed by atoms with Crippen molar-refractivity contribution < 1.29 is 32.3 Å². The first-order valence-corrected chi connectivity index (χ1v) is 16.0. The fraction of sp³-hybridized carbons (Fsp3) is 0.294. The van der Waals surface area contributed by atoms with Crippen LogP contribution in [0.5, 0.6) is 11.5 Å². The van der Waals surface area contributed by atoms with Crippen molar-refractivity contribution in [1.29, 1.82) is 0 Å². The molecule has 4 aromatic rings. The summed E-state index contributed by atoms with van der Waals surface area (Å²) in [6.07, 6.45) is 5.36. The van der Waals surface area contributed by atoms with Gasteiger partial charge in [0.2, 0.25) is 5.91 Å². The van der Waals surface area contributed by atoms with Crippen LogP contribution in [0.15, 0.2) is 84.0 Å². The van der Waals surface area contributed by atoms with Crippen molar-refractivity contribution in [2.24, 2.45) is 0 Å². The molecule has 1 heterocycles. The molecular weight excluding hydrogens is 600 g/mol. The molecule has 45 heavy (non-hydrogen) atoms. The number of rotatable bonds is 16. The first-order valence-electron chi connectivity index (χ1n) is 14.6. The summed E-state index contributed by atoms with van der Waals surface area (Å²) in [7, 11) is 0. The second-order valence-electron chi connectivity index (χ2n) is 10.0. The molecule has 1 aromatic heterocycles. The van der Waals surface area contributed by atoms with Gasteiger partial charge in [-0.15, -0.1) is 0 Å². The van der Waals surface area contributed by atoms with Gasteiger partial charge in [0.15, 0.2) is 10.6 Å². The highest BCUT2D eigenvalue weighted by atomic mass is 32.2. The maximum Gasteiger partial charge on any atom is 0.387 e. The summed E-state index contributed by atoms with van der Waals surface area (Å²) in [5.41, 5.74) is 4.16. The second-order valence-corrected chi connectivity index (χ2v) is 11.5. The van der Waals surface area contributed by atoms with E-state index >= 15 is 0 Å². The molecule has 1 atom stereocenters. The predicted molar refractivity (Wildman–Crippen MR) is 172 cm³/mol. The quantitative estimate of drug-likeness (QED) is 0.0790. The molecular formula is C34H37F2N3O5S. The largest absolute Gasteiger partial charge is 0.611 e. The minimum absolute atomic E-state index is 0.0590. The normalized spacial score (nSPS) is 12.1. The molecule has 0 unspecified atom stereocenters. The highest BCUT2D eigenvalue weighted by molar-refractivity contribution is 7.90. The SMILES string of the molecule is CCCOCCOc1ccc(-c2ccc(OC(F)F)c(/C=C/C(=O)Nc3ccc([S@@+]([O-])Cc4c(C)ncn4CC)cc3)c2)cc1. The standard InChI is InChI=1S/C34H37F2N3O5S/c1-4-18-42-19-20-43-29-12-6-25(7-13-29)26-8-16-32(44-34(35)36)27(21-26)9-17-33(40)38-28-10-14-30(15-11-28)45(41)22-31-24(3)37-23-39(31)5-2/h6-17,21,23,34H,4-5,18-20,22H2,1-3H3,(H,38,40)/b17-9+/t45-/m0/s1. The van der Waals surface area contributed by atoms with Gasteiger partial charge >= 0.3 is 6.61 Å². The van der Waals surface area contributed by atoms with Crippen LogP contribution < -0.4 is 14.8 Å². The number of aryl methyl sites for hydroxylation is 2. The molecule has 0 aliphatic rings. The Labute approximate surface area is 265 Å². The molecule has 0 spiro atoms. The molecule has 8 nitrogen and oxygen atoms in total. The van der Waals surface area contributed by atoms with E-state index in [1.54, 1.807) is 42.7 Å². The van der Waals surface area contributed by atoms with Crippen molar-refractivity contribution >= 4 is 28.8 Å². The first-order chi connectivity index (χ1) is 21.8. The fourth-order valence-electron chi connectivity index (χ4n) is 4.49. The van der Waals surface area contributed by atoms with Gasteiger partial charge in [-0.2, -0.15) is 8.78 Å². The predicted octanol–water partition coefficient (Wildman–Crippen LogP) is 7.24. The zero-order valence-electron chi connectivity index (χ0n) is 25.5. The molecule has 11 heteroatoms. The molecule has 1 N–H and O–H groups in total. The van der Waals surface area contributed by atoms with Gasteiger partial charge in [0.05, 0.1) is 24.3 Å². The number of carbonyl (C=O) groups is 1. The van der Waals surface area contributed by atoms with Gasteiger partial charge in [0, 0.05) is 30.5 Å². The van der Waals surface area contributed by atoms with Gasteiger partial charge < -0.3 is 28.6 Å². The van der Waals surface area contributed by atoms with Crippen LogP contribution in [-0.2, 0) is 33.0 Å². The third-order valence-corrected chi connectivity index (χ3v) is 8.15. The topological polar surface area (TPSA) is 97.7 Å². The Morgan fingerprint density at radius 3 is 2.44 bits per heavy atom. The van der Waals surface area contributed by atoms with E-state index in [0.717, 1.165) is 35.5 Å². The van der Waals surface area contributed by atoms with Crippen LogP contribution in [-0.4, -0.2) is 46.4 Å². The van der Waals surface area contributed by atoms with Crippen molar-refractivity contribution in [3.63, 3.8) is 0 Å². The van der Waals surface area contributed by atoms with Gasteiger partial charge in [-0.3, -0.25) is 4.79 Å². The van der Waals surface area contributed by atoms with Crippen LogP contribution in [0.4, 0.5) is 14.5 Å². The molecule has 238 valence electrons. The lowest BCUT2D eigenvalue weighted by Crippen LogP contribution is -2.11. The van der Waals surface area contributed by atoms with Crippen molar-refractivity contribution in [1.82, 2.24) is 9.55 Å². The molecule has 0 aliphatic heterocycles. The summed E-state index contributed by atoms with van der Waals surface area (Å²) in [5, 5.41) is 2.74. The molecule has 0 fully saturated rings. The van der Waals surface area contributed by atoms with E-state index in [9.17, 15) is 18.1 Å². The number of aromatic nitrogens is 2. The van der Waals surface area contributed by atoms with E-state index in [-0.39, 0.29) is 5.75 Å². The zero-order valence-corrected chi connectivity index (χ0v) is 26.3. The Bertz CT molecular complexity index is 1560. The van der Waals surface area contributed by atoms with Crippen LogP contribution in [0, 0.1) is 6.92 Å². The molecule has 0 saturated heterocycles. The third kappa shape index (κ3) is 9.90. The van der Waals surface area contributed by atoms with Gasteiger partial charge in [0.1, 0.15) is 18.1 Å². The number of hydrogen-bond acceptors (Lipinski definition) is 6. The van der Waals surface area contributed by atoms with Gasteiger partial charge in [-0.05, 0) is 97.2 Å². The molecule has 0 radical (unpaired) electrons. The van der Waals surface area contributed by atoms with E-state index in [0.29, 0.717) is 47.5 Å². The second kappa shape index (κ2) is 16.8. The van der Waals surface area contributed by atoms with Crippen molar-refractivity contribution in [2.45, 2.75) is 51.0 Å². The van der Waals surface area contributed by atoms with E-state index in [4.69, 9.17) is 14.2 Å². The van der Waals surface area contributed by atoms with E-state index < -0.39 is 23.7 Å². The summed E-state index contributed by atoms with van der Waals surface area (Å²) in [4.78, 5) is 17.6. The fourth-order valence-corrected chi connectivity index (χ4v) is 5.71. The van der Waals surface area contributed by atoms with E-state index in [1.165, 1.54) is 18.2 Å². The van der Waals surface area contributed by atoms with Crippen molar-refractivity contribution in [3.05, 3.63) is 96.1 Å². The number of carbonyl (C=O) groups excluding carboxylic acids is 1. The number of amides is 1. The number of halogens is 2. The van der Waals surface area contributed by atoms with Crippen LogP contribution >= 0.6 is 0 Å². The van der Waals surface area contributed by atoms with Crippen LogP contribution in [0.1, 0.15) is 37.2 Å². The molecule has 0 aliphatic carbocycles. The highest BCUT2D eigenvalue weighted by Gasteiger charge is 2.17. The lowest BCUT2D eigenvalue weighted by atomic mass is 10.0. The lowest BCUT2D eigenvalue weighted by molar-refractivity contribution is -0.111. The molecule has 0 bridgehead atoms.